The highest BCUT2D eigenvalue weighted by Gasteiger charge is 2.38. The van der Waals surface area contributed by atoms with Crippen molar-refractivity contribution < 1.29 is 18.7 Å². The number of hydrogen-bond donors (Lipinski definition) is 1. The molecule has 1 atom stereocenters. The molecule has 1 aliphatic heterocycles. The molecule has 0 fully saturated rings. The van der Waals surface area contributed by atoms with Gasteiger partial charge in [-0.25, -0.2) is 9.59 Å². The fourth-order valence-electron chi connectivity index (χ4n) is 2.62. The van der Waals surface area contributed by atoms with Crippen LogP contribution in [0.3, 0.4) is 0 Å². The van der Waals surface area contributed by atoms with Crippen LogP contribution in [-0.4, -0.2) is 18.1 Å². The molecule has 7 heteroatoms. The number of nitrogens with two attached hydrogens (primary N) is 1. The molecule has 0 saturated heterocycles. The lowest BCUT2D eigenvalue weighted by Crippen LogP contribution is -2.30. The number of rotatable bonds is 2. The third-order valence-electron chi connectivity index (χ3n) is 3.58. The summed E-state index contributed by atoms with van der Waals surface area (Å²) in [7, 11) is 1.24. The third kappa shape index (κ3) is 2.46. The van der Waals surface area contributed by atoms with Crippen molar-refractivity contribution in [3.8, 4) is 5.75 Å². The second-order valence-electron chi connectivity index (χ2n) is 5.01. The summed E-state index contributed by atoms with van der Waals surface area (Å²) >= 11 is 0. The number of carbonyl (C=O) groups is 1. The lowest BCUT2D eigenvalue weighted by molar-refractivity contribution is -0.136. The summed E-state index contributed by atoms with van der Waals surface area (Å²) in [6.45, 7) is 1.63. The average Bonchev–Trinajstić information content (AvgIpc) is 2.53. The largest absolute Gasteiger partial charge is 0.465 e. The van der Waals surface area contributed by atoms with Gasteiger partial charge in [0, 0.05) is 18.5 Å². The van der Waals surface area contributed by atoms with Crippen molar-refractivity contribution in [2.24, 2.45) is 5.73 Å². The first-order valence-electron chi connectivity index (χ1n) is 6.83. The van der Waals surface area contributed by atoms with Crippen LogP contribution in [0.15, 0.2) is 51.3 Å². The van der Waals surface area contributed by atoms with Gasteiger partial charge in [-0.05, 0) is 24.6 Å². The van der Waals surface area contributed by atoms with Gasteiger partial charge in [0.15, 0.2) is 0 Å². The Hall–Kier alpha value is -3.09. The van der Waals surface area contributed by atoms with Gasteiger partial charge >= 0.3 is 11.6 Å². The number of aromatic nitrogens is 1. The van der Waals surface area contributed by atoms with Gasteiger partial charge in [-0.2, -0.15) is 0 Å². The van der Waals surface area contributed by atoms with E-state index in [9.17, 15) is 9.59 Å². The number of hydrogen-bond acceptors (Lipinski definition) is 7. The first-order valence-corrected chi connectivity index (χ1v) is 6.83. The predicted octanol–water partition coefficient (Wildman–Crippen LogP) is 1.21. The van der Waals surface area contributed by atoms with Gasteiger partial charge in [0.2, 0.25) is 5.88 Å². The molecular formula is C16H14N2O5. The fraction of sp³-hybridized carbons (Fsp3) is 0.188. The van der Waals surface area contributed by atoms with Crippen LogP contribution in [0.25, 0.3) is 0 Å². The van der Waals surface area contributed by atoms with Crippen LogP contribution < -0.4 is 16.1 Å². The van der Waals surface area contributed by atoms with E-state index in [4.69, 9.17) is 19.6 Å². The maximum atomic E-state index is 12.4. The van der Waals surface area contributed by atoms with Crippen molar-refractivity contribution in [1.29, 1.82) is 0 Å². The minimum atomic E-state index is -0.744. The molecule has 3 heterocycles. The van der Waals surface area contributed by atoms with E-state index < -0.39 is 17.5 Å². The third-order valence-corrected chi connectivity index (χ3v) is 3.58. The summed E-state index contributed by atoms with van der Waals surface area (Å²) in [5.74, 6) is -0.862. The van der Waals surface area contributed by atoms with E-state index in [1.165, 1.54) is 7.11 Å². The Balaban J connectivity index is 2.31. The number of esters is 1. The van der Waals surface area contributed by atoms with Gasteiger partial charge in [-0.1, -0.05) is 0 Å². The molecule has 0 aromatic carbocycles. The maximum absolute atomic E-state index is 12.4. The molecule has 3 rings (SSSR count). The lowest BCUT2D eigenvalue weighted by Gasteiger charge is -2.26. The smallest absolute Gasteiger partial charge is 0.343 e. The van der Waals surface area contributed by atoms with Crippen molar-refractivity contribution >= 4 is 5.97 Å². The summed E-state index contributed by atoms with van der Waals surface area (Å²) in [4.78, 5) is 28.5. The van der Waals surface area contributed by atoms with Crippen LogP contribution in [0.2, 0.25) is 0 Å². The average molecular weight is 314 g/mol. The Morgan fingerprint density at radius 3 is 2.70 bits per heavy atom. The number of carbonyl (C=O) groups excluding carboxylic acids is 1. The Morgan fingerprint density at radius 1 is 1.35 bits per heavy atom. The van der Waals surface area contributed by atoms with Gasteiger partial charge in [0.1, 0.15) is 17.1 Å². The van der Waals surface area contributed by atoms with Crippen molar-refractivity contribution in [2.75, 3.05) is 7.11 Å². The molecule has 0 saturated carbocycles. The monoisotopic (exact) mass is 314 g/mol. The zero-order valence-electron chi connectivity index (χ0n) is 12.5. The van der Waals surface area contributed by atoms with Gasteiger partial charge in [0.05, 0.1) is 18.6 Å². The molecule has 0 bridgehead atoms. The van der Waals surface area contributed by atoms with Gasteiger partial charge in [-0.3, -0.25) is 4.98 Å². The molecule has 1 aliphatic rings. The zero-order valence-corrected chi connectivity index (χ0v) is 12.5. The molecule has 2 N–H and O–H groups in total. The highest BCUT2D eigenvalue weighted by atomic mass is 16.5. The SMILES string of the molecule is COC(=O)C1=C(N)Oc2cc(C)oc(=O)c2[C@@H]1c1ccncc1. The van der Waals surface area contributed by atoms with Crippen LogP contribution in [-0.2, 0) is 9.53 Å². The van der Waals surface area contributed by atoms with E-state index in [0.717, 1.165) is 0 Å². The summed E-state index contributed by atoms with van der Waals surface area (Å²) < 4.78 is 15.4. The Labute approximate surface area is 131 Å². The topological polar surface area (TPSA) is 105 Å². The van der Waals surface area contributed by atoms with E-state index >= 15 is 0 Å². The predicted molar refractivity (Wildman–Crippen MR) is 79.7 cm³/mol. The number of nitrogens with zero attached hydrogens (tertiary/aromatic N) is 1. The van der Waals surface area contributed by atoms with Crippen LogP contribution in [0.5, 0.6) is 5.75 Å². The molecule has 7 nitrogen and oxygen atoms in total. The molecule has 0 spiro atoms. The van der Waals surface area contributed by atoms with Crippen molar-refractivity contribution in [2.45, 2.75) is 12.8 Å². The van der Waals surface area contributed by atoms with Gasteiger partial charge in [0.25, 0.3) is 0 Å². The van der Waals surface area contributed by atoms with Crippen LogP contribution in [0.1, 0.15) is 22.8 Å². The highest BCUT2D eigenvalue weighted by Crippen LogP contribution is 2.40. The van der Waals surface area contributed by atoms with Crippen LogP contribution >= 0.6 is 0 Å². The second-order valence-corrected chi connectivity index (χ2v) is 5.01. The Kier molecular flexibility index (Phi) is 3.61. The normalized spacial score (nSPS) is 16.5. The van der Waals surface area contributed by atoms with Gasteiger partial charge in [-0.15, -0.1) is 0 Å². The van der Waals surface area contributed by atoms with E-state index in [1.54, 1.807) is 37.5 Å². The molecule has 0 unspecified atom stereocenters. The zero-order chi connectivity index (χ0) is 16.6. The summed E-state index contributed by atoms with van der Waals surface area (Å²) in [6, 6.07) is 4.94. The fourth-order valence-corrected chi connectivity index (χ4v) is 2.62. The molecule has 0 radical (unpaired) electrons. The van der Waals surface area contributed by atoms with E-state index in [-0.39, 0.29) is 22.8 Å². The summed E-state index contributed by atoms with van der Waals surface area (Å²) in [5.41, 5.74) is 6.24. The van der Waals surface area contributed by atoms with Crippen molar-refractivity contribution in [3.05, 3.63) is 69.4 Å². The first-order chi connectivity index (χ1) is 11.0. The second kappa shape index (κ2) is 5.60. The number of pyridine rings is 1. The minimum absolute atomic E-state index is 0.0577. The number of ether oxygens (including phenoxy) is 2. The molecule has 2 aromatic rings. The van der Waals surface area contributed by atoms with E-state index in [1.807, 2.05) is 0 Å². The number of methoxy groups -OCH3 is 1. The molecular weight excluding hydrogens is 300 g/mol. The Bertz CT molecular complexity index is 855. The van der Waals surface area contributed by atoms with Crippen molar-refractivity contribution in [1.82, 2.24) is 4.98 Å². The lowest BCUT2D eigenvalue weighted by atomic mass is 9.84. The Morgan fingerprint density at radius 2 is 2.04 bits per heavy atom. The summed E-state index contributed by atoms with van der Waals surface area (Å²) in [6.07, 6.45) is 3.12. The van der Waals surface area contributed by atoms with E-state index in [0.29, 0.717) is 11.3 Å². The van der Waals surface area contributed by atoms with Crippen LogP contribution in [0.4, 0.5) is 0 Å². The number of fused-ring (bicyclic) bond motifs is 1. The van der Waals surface area contributed by atoms with Crippen molar-refractivity contribution in [3.63, 3.8) is 0 Å². The number of aryl methyl sites for hydroxylation is 1. The van der Waals surface area contributed by atoms with Gasteiger partial charge < -0.3 is 19.6 Å². The molecule has 2 aromatic heterocycles. The molecule has 23 heavy (non-hydrogen) atoms. The van der Waals surface area contributed by atoms with E-state index in [2.05, 4.69) is 4.98 Å². The quantitative estimate of drug-likeness (QED) is 0.831. The molecule has 118 valence electrons. The summed E-state index contributed by atoms with van der Waals surface area (Å²) in [5, 5.41) is 0. The molecule has 0 amide bonds. The standard InChI is InChI=1S/C16H14N2O5/c1-8-7-10-12(16(20)22-8)11(9-3-5-18-6-4-9)13(14(17)23-10)15(19)21-2/h3-7,11H,17H2,1-2H3/t11-/m0/s1. The highest BCUT2D eigenvalue weighted by molar-refractivity contribution is 5.92. The first kappa shape index (κ1) is 14.8. The maximum Gasteiger partial charge on any atom is 0.343 e. The van der Waals surface area contributed by atoms with Crippen LogP contribution in [0, 0.1) is 6.92 Å². The molecule has 0 aliphatic carbocycles. The minimum Gasteiger partial charge on any atom is -0.465 e.